The van der Waals surface area contributed by atoms with E-state index in [9.17, 15) is 24.3 Å². The smallest absolute Gasteiger partial charge is 0.309 e. The molecule has 4 fully saturated rings. The second-order valence-corrected chi connectivity index (χ2v) is 19.8. The number of primary amides is 1. The largest absolute Gasteiger partial charge is 0.481 e. The average molecular weight is 697 g/mol. The van der Waals surface area contributed by atoms with Gasteiger partial charge in [0.25, 0.3) is 0 Å². The normalized spacial score (nSPS) is 38.1. The monoisotopic (exact) mass is 697 g/mol. The van der Waals surface area contributed by atoms with E-state index in [0.29, 0.717) is 36.0 Å². The number of nitrogens with zero attached hydrogens (tertiary/aromatic N) is 1. The van der Waals surface area contributed by atoms with E-state index in [1.54, 1.807) is 13.8 Å². The minimum atomic E-state index is -1.15. The summed E-state index contributed by atoms with van der Waals surface area (Å²) in [5.74, 6) is 0.459. The lowest BCUT2D eigenvalue weighted by Gasteiger charge is -2.71. The second-order valence-electron chi connectivity index (χ2n) is 19.8. The molecule has 9 atom stereocenters. The molecular weight excluding hydrogens is 628 g/mol. The lowest BCUT2D eigenvalue weighted by molar-refractivity contribution is -0.232. The number of carboxylic acids is 1. The van der Waals surface area contributed by atoms with Gasteiger partial charge in [-0.25, -0.2) is 0 Å². The Morgan fingerprint density at radius 3 is 2.14 bits per heavy atom. The van der Waals surface area contributed by atoms with Gasteiger partial charge in [-0.3, -0.25) is 24.1 Å². The number of allylic oxidation sites excluding steroid dienone is 2. The number of hydrogen-bond donors (Lipinski definition) is 2. The molecule has 0 saturated heterocycles. The number of carbonyl (C=O) groups is 4. The van der Waals surface area contributed by atoms with Gasteiger partial charge in [-0.05, 0) is 143 Å². The molecule has 3 N–H and O–H groups in total. The van der Waals surface area contributed by atoms with Gasteiger partial charge in [-0.15, -0.1) is 0 Å². The summed E-state index contributed by atoms with van der Waals surface area (Å²) in [5.41, 5.74) is 7.14. The lowest BCUT2D eigenvalue weighted by atomic mass is 9.33. The molecule has 1 amide bonds. The van der Waals surface area contributed by atoms with Crippen molar-refractivity contribution in [2.24, 2.45) is 68.3 Å². The summed E-state index contributed by atoms with van der Waals surface area (Å²) in [6.07, 6.45) is 8.88. The maximum absolute atomic E-state index is 14.4. The van der Waals surface area contributed by atoms with Crippen LogP contribution in [0.3, 0.4) is 0 Å². The van der Waals surface area contributed by atoms with Crippen molar-refractivity contribution in [1.82, 2.24) is 4.90 Å². The number of aliphatic carboxylic acids is 1. The number of nitrogens with two attached hydrogens (primary N) is 1. The van der Waals surface area contributed by atoms with Gasteiger partial charge in [0.15, 0.2) is 5.78 Å². The molecule has 4 saturated carbocycles. The van der Waals surface area contributed by atoms with E-state index in [1.807, 2.05) is 0 Å². The maximum Gasteiger partial charge on any atom is 0.309 e. The van der Waals surface area contributed by atoms with Crippen LogP contribution in [0.5, 0.6) is 0 Å². The molecule has 5 aliphatic rings. The Morgan fingerprint density at radius 2 is 1.56 bits per heavy atom. The number of fused-ring (bicyclic) bond motifs is 7. The Balaban J connectivity index is 1.39. The Morgan fingerprint density at radius 1 is 0.920 bits per heavy atom. The van der Waals surface area contributed by atoms with Crippen molar-refractivity contribution in [1.29, 1.82) is 0 Å². The third-order valence-electron chi connectivity index (χ3n) is 15.8. The number of amides is 1. The van der Waals surface area contributed by atoms with Gasteiger partial charge in [0.2, 0.25) is 5.91 Å². The summed E-state index contributed by atoms with van der Waals surface area (Å²) in [7, 11) is 0. The fourth-order valence-corrected chi connectivity index (χ4v) is 12.9. The predicted octanol–water partition coefficient (Wildman–Crippen LogP) is 7.82. The first-order valence-electron chi connectivity index (χ1n) is 19.8. The Kier molecular flexibility index (Phi) is 10.4. The number of esters is 1. The highest BCUT2D eigenvalue weighted by atomic mass is 16.5. The zero-order valence-electron chi connectivity index (χ0n) is 33.1. The van der Waals surface area contributed by atoms with Gasteiger partial charge < -0.3 is 15.6 Å². The van der Waals surface area contributed by atoms with Gasteiger partial charge in [-0.1, -0.05) is 54.0 Å². The molecule has 3 unspecified atom stereocenters. The molecule has 0 aromatic heterocycles. The lowest BCUT2D eigenvalue weighted by Crippen LogP contribution is -2.65. The Hall–Kier alpha value is -2.22. The molecule has 8 heteroatoms. The van der Waals surface area contributed by atoms with Gasteiger partial charge in [0, 0.05) is 17.4 Å². The van der Waals surface area contributed by atoms with Crippen LogP contribution in [0.25, 0.3) is 0 Å². The molecular formula is C42H68N2O6. The molecule has 8 nitrogen and oxygen atoms in total. The summed E-state index contributed by atoms with van der Waals surface area (Å²) in [4.78, 5) is 53.1. The number of ether oxygens (including phenoxy) is 1. The average Bonchev–Trinajstić information content (AvgIpc) is 3.27. The maximum atomic E-state index is 14.4. The fraction of sp³-hybridized carbons (Fsp3) is 0.857. The van der Waals surface area contributed by atoms with Gasteiger partial charge in [-0.2, -0.15) is 0 Å². The van der Waals surface area contributed by atoms with E-state index in [0.717, 1.165) is 63.4 Å². The number of carboxylic acid groups (broad SMARTS) is 1. The van der Waals surface area contributed by atoms with Crippen molar-refractivity contribution in [2.45, 2.75) is 153 Å². The Labute approximate surface area is 302 Å². The quantitative estimate of drug-likeness (QED) is 0.211. The van der Waals surface area contributed by atoms with Gasteiger partial charge >= 0.3 is 11.9 Å². The highest BCUT2D eigenvalue weighted by Crippen LogP contribution is 2.75. The van der Waals surface area contributed by atoms with E-state index in [-0.39, 0.29) is 64.5 Å². The molecule has 5 rings (SSSR count). The van der Waals surface area contributed by atoms with Crippen molar-refractivity contribution < 1.29 is 29.0 Å². The van der Waals surface area contributed by atoms with Gasteiger partial charge in [0.05, 0.1) is 18.4 Å². The van der Waals surface area contributed by atoms with E-state index in [4.69, 9.17) is 10.5 Å². The number of hydrogen-bond acceptors (Lipinski definition) is 6. The van der Waals surface area contributed by atoms with Crippen LogP contribution in [0.15, 0.2) is 11.1 Å². The number of Topliss-reactive ketones (excluding diaryl/α,β-unsaturated/α-hetero) is 1. The van der Waals surface area contributed by atoms with Crippen LogP contribution in [-0.2, 0) is 23.9 Å². The highest BCUT2D eigenvalue weighted by molar-refractivity contribution is 6.01. The van der Waals surface area contributed by atoms with Crippen LogP contribution in [0.2, 0.25) is 0 Å². The minimum Gasteiger partial charge on any atom is -0.481 e. The van der Waals surface area contributed by atoms with Crippen LogP contribution in [0, 0.1) is 62.6 Å². The zero-order chi connectivity index (χ0) is 37.4. The van der Waals surface area contributed by atoms with Crippen LogP contribution >= 0.6 is 0 Å². The van der Waals surface area contributed by atoms with E-state index in [2.05, 4.69) is 67.2 Å². The summed E-state index contributed by atoms with van der Waals surface area (Å²) < 4.78 is 6.16. The van der Waals surface area contributed by atoms with E-state index < -0.39 is 17.4 Å². The number of carbonyl (C=O) groups excluding carboxylic acids is 3. The first-order valence-corrected chi connectivity index (χ1v) is 19.8. The molecule has 0 aromatic carbocycles. The number of ketones is 1. The summed E-state index contributed by atoms with van der Waals surface area (Å²) in [5, 5.41) is 9.59. The molecule has 0 heterocycles. The standard InChI is InChI=1S/C42H68N2O6/c1-24(2)34-35-26(27(36(34)47)17-21-44(25(3)4)23-32(43)45)14-19-41(10)28(35)12-13-30-40(9)18-16-31(50-33(46)22-38(5,6)37(48)49)39(7,8)29(40)15-20-42(30,41)11/h24-31H,12-23H2,1-11H3,(H2,43,45)(H,48,49)/t26?,27-,28+,29?,30?,31-,40-,41+,42+/m0/s1. The fourth-order valence-electron chi connectivity index (χ4n) is 12.9. The van der Waals surface area contributed by atoms with E-state index in [1.165, 1.54) is 5.57 Å². The zero-order valence-corrected chi connectivity index (χ0v) is 33.1. The molecule has 50 heavy (non-hydrogen) atoms. The third-order valence-corrected chi connectivity index (χ3v) is 15.8. The van der Waals surface area contributed by atoms with Crippen LogP contribution in [-0.4, -0.2) is 58.9 Å². The van der Waals surface area contributed by atoms with Gasteiger partial charge in [0.1, 0.15) is 6.10 Å². The molecule has 5 aliphatic carbocycles. The first kappa shape index (κ1) is 39.0. The Bertz CT molecular complexity index is 1410. The van der Waals surface area contributed by atoms with Crippen molar-refractivity contribution in [3.63, 3.8) is 0 Å². The molecule has 0 spiro atoms. The topological polar surface area (TPSA) is 127 Å². The third kappa shape index (κ3) is 6.19. The summed E-state index contributed by atoms with van der Waals surface area (Å²) in [6, 6.07) is 0.188. The minimum absolute atomic E-state index is 0.0141. The van der Waals surface area contributed by atoms with E-state index >= 15 is 0 Å². The molecule has 0 aromatic rings. The van der Waals surface area contributed by atoms with Crippen molar-refractivity contribution in [3.05, 3.63) is 11.1 Å². The summed E-state index contributed by atoms with van der Waals surface area (Å²) in [6.45, 7) is 24.9. The van der Waals surface area contributed by atoms with Crippen LogP contribution in [0.1, 0.15) is 140 Å². The van der Waals surface area contributed by atoms with Crippen molar-refractivity contribution >= 4 is 23.6 Å². The molecule has 0 bridgehead atoms. The van der Waals surface area contributed by atoms with Crippen LogP contribution < -0.4 is 5.73 Å². The van der Waals surface area contributed by atoms with Crippen molar-refractivity contribution in [3.8, 4) is 0 Å². The number of rotatable bonds is 11. The van der Waals surface area contributed by atoms with Crippen molar-refractivity contribution in [2.75, 3.05) is 13.1 Å². The second kappa shape index (κ2) is 13.3. The molecule has 282 valence electrons. The highest BCUT2D eigenvalue weighted by Gasteiger charge is 2.69. The summed E-state index contributed by atoms with van der Waals surface area (Å²) >= 11 is 0. The molecule has 0 radical (unpaired) electrons. The first-order chi connectivity index (χ1) is 23.0. The SMILES string of the molecule is CC(C)C1=C2C(CC[C@]3(C)[C@@H]2CCC2[C@@]4(C)CC[C@H](OC(=O)CC(C)(C)C(=O)O)C(C)(C)C4CC[C@]23C)[C@H](CCN(CC(N)=O)C(C)C)C1=O. The molecule has 0 aliphatic heterocycles. The van der Waals surface area contributed by atoms with Crippen LogP contribution in [0.4, 0.5) is 0 Å². The predicted molar refractivity (Wildman–Crippen MR) is 196 cm³/mol.